The quantitative estimate of drug-likeness (QED) is 0.400. The highest BCUT2D eigenvalue weighted by Gasteiger charge is 2.27. The minimum Gasteiger partial charge on any atom is -0.289 e. The minimum absolute atomic E-state index is 0.0521. The molecule has 0 radical (unpaired) electrons. The summed E-state index contributed by atoms with van der Waals surface area (Å²) in [6.07, 6.45) is 0. The molecule has 3 nitrogen and oxygen atoms in total. The van der Waals surface area contributed by atoms with Crippen molar-refractivity contribution in [1.82, 2.24) is 9.97 Å². The Morgan fingerprint density at radius 2 is 1.57 bits per heavy atom. The van der Waals surface area contributed by atoms with Crippen LogP contribution in [0.5, 0.6) is 0 Å². The van der Waals surface area contributed by atoms with E-state index in [9.17, 15) is 4.79 Å². The minimum atomic E-state index is 0.0521. The van der Waals surface area contributed by atoms with Crippen molar-refractivity contribution in [1.29, 1.82) is 0 Å². The van der Waals surface area contributed by atoms with E-state index in [2.05, 4.69) is 16.0 Å². The molecular formula is C20H12N2O. The van der Waals surface area contributed by atoms with Gasteiger partial charge in [-0.15, -0.1) is 0 Å². The normalized spacial score (nSPS) is 12.7. The Hall–Kier alpha value is -3.07. The summed E-state index contributed by atoms with van der Waals surface area (Å²) in [4.78, 5) is 22.3. The highest BCUT2D eigenvalue weighted by atomic mass is 16.1. The molecule has 3 heteroatoms. The van der Waals surface area contributed by atoms with E-state index < -0.39 is 0 Å². The molecule has 1 heterocycles. The van der Waals surface area contributed by atoms with E-state index in [1.807, 2.05) is 55.5 Å². The first-order chi connectivity index (χ1) is 11.2. The maximum absolute atomic E-state index is 13.0. The first-order valence-electron chi connectivity index (χ1n) is 7.58. The molecule has 0 saturated carbocycles. The second kappa shape index (κ2) is 4.23. The van der Waals surface area contributed by atoms with Gasteiger partial charge in [-0.25, -0.2) is 9.97 Å². The van der Waals surface area contributed by atoms with Gasteiger partial charge in [0.1, 0.15) is 5.82 Å². The summed E-state index contributed by atoms with van der Waals surface area (Å²) in [6.45, 7) is 1.90. The second-order valence-corrected chi connectivity index (χ2v) is 5.86. The number of rotatable bonds is 0. The Bertz CT molecular complexity index is 1150. The number of hydrogen-bond donors (Lipinski definition) is 0. The highest BCUT2D eigenvalue weighted by molar-refractivity contribution is 6.28. The Labute approximate surface area is 132 Å². The molecule has 0 spiro atoms. The molecule has 0 bridgehead atoms. The Morgan fingerprint density at radius 3 is 2.43 bits per heavy atom. The molecule has 3 aromatic carbocycles. The maximum atomic E-state index is 13.0. The van der Waals surface area contributed by atoms with E-state index in [0.717, 1.165) is 44.3 Å². The third-order valence-corrected chi connectivity index (χ3v) is 4.48. The summed E-state index contributed by atoms with van der Waals surface area (Å²) in [6, 6.07) is 17.7. The van der Waals surface area contributed by atoms with Gasteiger partial charge in [0.15, 0.2) is 5.78 Å². The largest absolute Gasteiger partial charge is 0.289 e. The molecule has 1 aliphatic rings. The van der Waals surface area contributed by atoms with Crippen molar-refractivity contribution >= 4 is 27.5 Å². The van der Waals surface area contributed by atoms with Gasteiger partial charge in [-0.1, -0.05) is 48.5 Å². The number of aryl methyl sites for hydroxylation is 1. The number of nitrogens with zero attached hydrogens (tertiary/aromatic N) is 2. The lowest BCUT2D eigenvalue weighted by atomic mass is 9.85. The van der Waals surface area contributed by atoms with Gasteiger partial charge in [-0.2, -0.15) is 0 Å². The summed E-state index contributed by atoms with van der Waals surface area (Å²) >= 11 is 0. The third kappa shape index (κ3) is 1.56. The van der Waals surface area contributed by atoms with Crippen LogP contribution in [0, 0.1) is 6.92 Å². The van der Waals surface area contributed by atoms with E-state index in [0.29, 0.717) is 5.56 Å². The summed E-state index contributed by atoms with van der Waals surface area (Å²) in [5, 5.41) is 2.97. The Morgan fingerprint density at radius 1 is 0.826 bits per heavy atom. The fraction of sp³-hybridized carbons (Fsp3) is 0.0500. The predicted molar refractivity (Wildman–Crippen MR) is 90.6 cm³/mol. The van der Waals surface area contributed by atoms with Crippen LogP contribution in [0.25, 0.3) is 32.9 Å². The van der Waals surface area contributed by atoms with E-state index in [-0.39, 0.29) is 5.78 Å². The standard InChI is InChI=1S/C20H12N2O/c1-11-21-18-13-7-3-2-6-12(13)10-16-17(18)19(22-11)14-8-4-5-9-15(14)20(16)23/h2-10H,1H3. The summed E-state index contributed by atoms with van der Waals surface area (Å²) in [5.74, 6) is 0.773. The van der Waals surface area contributed by atoms with Crippen molar-refractivity contribution in [3.8, 4) is 11.3 Å². The SMILES string of the molecule is Cc1nc2c3c(cc4ccccc4c3n1)C(=O)c1ccccc1-2. The molecule has 1 aromatic heterocycles. The van der Waals surface area contributed by atoms with Crippen molar-refractivity contribution in [2.24, 2.45) is 0 Å². The van der Waals surface area contributed by atoms with Gasteiger partial charge in [0.25, 0.3) is 0 Å². The molecule has 0 N–H and O–H groups in total. The van der Waals surface area contributed by atoms with E-state index in [1.165, 1.54) is 0 Å². The summed E-state index contributed by atoms with van der Waals surface area (Å²) in [7, 11) is 0. The topological polar surface area (TPSA) is 42.9 Å². The molecule has 0 atom stereocenters. The summed E-state index contributed by atoms with van der Waals surface area (Å²) < 4.78 is 0. The first-order valence-corrected chi connectivity index (χ1v) is 7.58. The Kier molecular flexibility index (Phi) is 2.29. The second-order valence-electron chi connectivity index (χ2n) is 5.86. The van der Waals surface area contributed by atoms with Gasteiger partial charge in [0, 0.05) is 27.5 Å². The molecule has 0 fully saturated rings. The van der Waals surface area contributed by atoms with Gasteiger partial charge in [0.2, 0.25) is 0 Å². The lowest BCUT2D eigenvalue weighted by Gasteiger charge is -2.20. The number of ketones is 1. The molecule has 0 saturated heterocycles. The van der Waals surface area contributed by atoms with Crippen molar-refractivity contribution in [2.75, 3.05) is 0 Å². The fourth-order valence-corrected chi connectivity index (χ4v) is 3.50. The van der Waals surface area contributed by atoms with E-state index in [1.54, 1.807) is 0 Å². The lowest BCUT2D eigenvalue weighted by Crippen LogP contribution is -2.12. The average Bonchev–Trinajstić information content (AvgIpc) is 2.59. The molecule has 0 unspecified atom stereocenters. The zero-order valence-corrected chi connectivity index (χ0v) is 12.5. The van der Waals surface area contributed by atoms with Crippen LogP contribution >= 0.6 is 0 Å². The molecule has 5 rings (SSSR count). The molecule has 0 aliphatic heterocycles. The van der Waals surface area contributed by atoms with Gasteiger partial charge in [-0.05, 0) is 18.4 Å². The number of hydrogen-bond acceptors (Lipinski definition) is 3. The van der Waals surface area contributed by atoms with Gasteiger partial charge < -0.3 is 0 Å². The molecular weight excluding hydrogens is 284 g/mol. The number of fused-ring (bicyclic) bond motifs is 4. The molecule has 0 amide bonds. The van der Waals surface area contributed by atoms with Crippen molar-refractivity contribution in [2.45, 2.75) is 6.92 Å². The number of benzene rings is 3. The third-order valence-electron chi connectivity index (χ3n) is 4.48. The Balaban J connectivity index is 2.10. The molecule has 4 aromatic rings. The number of aromatic nitrogens is 2. The van der Waals surface area contributed by atoms with Crippen molar-refractivity contribution in [3.05, 3.63) is 71.5 Å². The number of carbonyl (C=O) groups is 1. The predicted octanol–water partition coefficient (Wildman–Crippen LogP) is 4.30. The number of carbonyl (C=O) groups excluding carboxylic acids is 1. The first kappa shape index (κ1) is 12.5. The van der Waals surface area contributed by atoms with Gasteiger partial charge >= 0.3 is 0 Å². The van der Waals surface area contributed by atoms with Crippen molar-refractivity contribution in [3.63, 3.8) is 0 Å². The molecule has 108 valence electrons. The van der Waals surface area contributed by atoms with Crippen molar-refractivity contribution < 1.29 is 4.79 Å². The van der Waals surface area contributed by atoms with Crippen LogP contribution in [0.4, 0.5) is 0 Å². The van der Waals surface area contributed by atoms with Crippen LogP contribution in [0.3, 0.4) is 0 Å². The fourth-order valence-electron chi connectivity index (χ4n) is 3.50. The smallest absolute Gasteiger partial charge is 0.194 e. The van der Waals surface area contributed by atoms with Crippen LogP contribution in [0.15, 0.2) is 54.6 Å². The average molecular weight is 296 g/mol. The molecule has 23 heavy (non-hydrogen) atoms. The van der Waals surface area contributed by atoms with Gasteiger partial charge in [0.05, 0.1) is 11.2 Å². The van der Waals surface area contributed by atoms with Crippen LogP contribution in [-0.4, -0.2) is 15.8 Å². The maximum Gasteiger partial charge on any atom is 0.194 e. The van der Waals surface area contributed by atoms with Crippen LogP contribution in [-0.2, 0) is 0 Å². The van der Waals surface area contributed by atoms with Crippen LogP contribution in [0.1, 0.15) is 21.7 Å². The monoisotopic (exact) mass is 296 g/mol. The summed E-state index contributed by atoms with van der Waals surface area (Å²) in [5.41, 5.74) is 4.05. The lowest BCUT2D eigenvalue weighted by molar-refractivity contribution is 0.104. The van der Waals surface area contributed by atoms with Gasteiger partial charge in [-0.3, -0.25) is 4.79 Å². The van der Waals surface area contributed by atoms with Crippen LogP contribution in [0.2, 0.25) is 0 Å². The molecule has 1 aliphatic carbocycles. The van der Waals surface area contributed by atoms with E-state index in [4.69, 9.17) is 0 Å². The zero-order chi connectivity index (χ0) is 15.6. The van der Waals surface area contributed by atoms with Crippen LogP contribution < -0.4 is 0 Å². The zero-order valence-electron chi connectivity index (χ0n) is 12.5. The highest BCUT2D eigenvalue weighted by Crippen LogP contribution is 2.40. The van der Waals surface area contributed by atoms with E-state index >= 15 is 0 Å².